The van der Waals surface area contributed by atoms with Crippen molar-refractivity contribution in [3.8, 4) is 0 Å². The second-order valence-electron chi connectivity index (χ2n) is 7.57. The van der Waals surface area contributed by atoms with Crippen molar-refractivity contribution in [2.24, 2.45) is 5.16 Å². The number of ether oxygens (including phenoxy) is 1. The van der Waals surface area contributed by atoms with E-state index < -0.39 is 9.87 Å². The lowest BCUT2D eigenvalue weighted by Crippen LogP contribution is -2.26. The second kappa shape index (κ2) is 7.03. The maximum atomic E-state index is 6.51. The molecule has 0 saturated carbocycles. The third-order valence-electron chi connectivity index (χ3n) is 5.78. The lowest BCUT2D eigenvalue weighted by atomic mass is 9.82. The standard InChI is InChI=1S/C27H19NO2S/c1-4-12-20(13-5-1)25-28-30-27(29-25)24-19-11-10-18-23(24)26(31-27,21-14-6-2-7-15-21)22-16-8-3-9-17-22/h1-19H/t27-/m0/s1. The van der Waals surface area contributed by atoms with Crippen molar-refractivity contribution in [2.75, 3.05) is 0 Å². The van der Waals surface area contributed by atoms with E-state index in [1.807, 2.05) is 48.5 Å². The molecule has 0 amide bonds. The summed E-state index contributed by atoms with van der Waals surface area (Å²) in [4.78, 5) is 6.12. The first-order valence-electron chi connectivity index (χ1n) is 10.2. The molecule has 150 valence electrons. The van der Waals surface area contributed by atoms with Gasteiger partial charge in [-0.2, -0.15) is 0 Å². The van der Waals surface area contributed by atoms with Crippen LogP contribution in [0.25, 0.3) is 0 Å². The zero-order valence-corrected chi connectivity index (χ0v) is 17.5. The number of rotatable bonds is 3. The van der Waals surface area contributed by atoms with Gasteiger partial charge in [-0.25, -0.2) is 0 Å². The first-order valence-corrected chi connectivity index (χ1v) is 11.1. The molecule has 4 aromatic rings. The summed E-state index contributed by atoms with van der Waals surface area (Å²) in [5.41, 5.74) is 5.39. The number of hydrogen-bond donors (Lipinski definition) is 0. The molecule has 0 N–H and O–H groups in total. The maximum Gasteiger partial charge on any atom is 0.355 e. The predicted octanol–water partition coefficient (Wildman–Crippen LogP) is 6.24. The quantitative estimate of drug-likeness (QED) is 0.392. The van der Waals surface area contributed by atoms with Gasteiger partial charge in [0.05, 0.1) is 10.3 Å². The zero-order chi connectivity index (χ0) is 20.7. The molecule has 0 radical (unpaired) electrons. The van der Waals surface area contributed by atoms with E-state index in [9.17, 15) is 0 Å². The van der Waals surface area contributed by atoms with Crippen LogP contribution in [0.4, 0.5) is 0 Å². The topological polar surface area (TPSA) is 30.8 Å². The largest absolute Gasteiger partial charge is 0.417 e. The highest BCUT2D eigenvalue weighted by molar-refractivity contribution is 8.01. The Balaban J connectivity index is 1.54. The Kier molecular flexibility index (Phi) is 4.15. The van der Waals surface area contributed by atoms with Crippen LogP contribution >= 0.6 is 11.8 Å². The smallest absolute Gasteiger partial charge is 0.355 e. The molecule has 4 aromatic carbocycles. The molecule has 2 aliphatic rings. The van der Waals surface area contributed by atoms with Crippen LogP contribution in [0.2, 0.25) is 0 Å². The summed E-state index contributed by atoms with van der Waals surface area (Å²) in [5.74, 6) is 0.500. The van der Waals surface area contributed by atoms with Gasteiger partial charge >= 0.3 is 5.12 Å². The summed E-state index contributed by atoms with van der Waals surface area (Å²) in [6.45, 7) is 0. The molecule has 0 unspecified atom stereocenters. The molecule has 1 atom stereocenters. The van der Waals surface area contributed by atoms with Gasteiger partial charge in [-0.3, -0.25) is 0 Å². The fourth-order valence-corrected chi connectivity index (χ4v) is 6.09. The SMILES string of the molecule is c1ccc(C2=NO[C@]3(O2)SC(c2ccccc2)(c2ccccc2)c2ccccc23)cc1. The zero-order valence-electron chi connectivity index (χ0n) is 16.6. The van der Waals surface area contributed by atoms with Crippen LogP contribution in [0.1, 0.15) is 27.8 Å². The number of hydrogen-bond acceptors (Lipinski definition) is 4. The van der Waals surface area contributed by atoms with Gasteiger partial charge in [0.1, 0.15) is 0 Å². The lowest BCUT2D eigenvalue weighted by Gasteiger charge is -2.32. The average Bonchev–Trinajstić information content (AvgIpc) is 3.42. The number of benzene rings is 4. The van der Waals surface area contributed by atoms with Crippen molar-refractivity contribution in [1.29, 1.82) is 0 Å². The summed E-state index contributed by atoms with van der Waals surface area (Å²) >= 11 is 1.64. The van der Waals surface area contributed by atoms with Crippen molar-refractivity contribution < 1.29 is 9.57 Å². The number of fused-ring (bicyclic) bond motifs is 2. The molecule has 3 nitrogen and oxygen atoms in total. The van der Waals surface area contributed by atoms with Crippen LogP contribution in [0, 0.1) is 0 Å². The molecule has 6 rings (SSSR count). The highest BCUT2D eigenvalue weighted by Gasteiger charge is 2.61. The van der Waals surface area contributed by atoms with Gasteiger partial charge in [0, 0.05) is 5.56 Å². The van der Waals surface area contributed by atoms with Crippen molar-refractivity contribution in [3.63, 3.8) is 0 Å². The molecule has 2 aliphatic heterocycles. The Morgan fingerprint density at radius 3 is 1.71 bits per heavy atom. The van der Waals surface area contributed by atoms with Crippen molar-refractivity contribution >= 4 is 17.7 Å². The van der Waals surface area contributed by atoms with Crippen molar-refractivity contribution in [3.05, 3.63) is 143 Å². The minimum Gasteiger partial charge on any atom is -0.417 e. The van der Waals surface area contributed by atoms with Crippen LogP contribution in [0.3, 0.4) is 0 Å². The maximum absolute atomic E-state index is 6.51. The Morgan fingerprint density at radius 1 is 0.581 bits per heavy atom. The van der Waals surface area contributed by atoms with E-state index in [0.717, 1.165) is 16.7 Å². The summed E-state index contributed by atoms with van der Waals surface area (Å²) < 4.78 is 6.03. The third kappa shape index (κ3) is 2.72. The van der Waals surface area contributed by atoms with Gasteiger partial charge in [0.25, 0.3) is 5.90 Å². The molecule has 0 aromatic heterocycles. The van der Waals surface area contributed by atoms with Gasteiger partial charge in [-0.1, -0.05) is 97.1 Å². The van der Waals surface area contributed by atoms with Gasteiger partial charge in [-0.15, -0.1) is 0 Å². The fraction of sp³-hybridized carbons (Fsp3) is 0.0741. The summed E-state index contributed by atoms with van der Waals surface area (Å²) in [7, 11) is 0. The van der Waals surface area contributed by atoms with Crippen LogP contribution in [-0.4, -0.2) is 5.90 Å². The summed E-state index contributed by atoms with van der Waals surface area (Å²) in [5, 5.41) is 3.32. The number of thioether (sulfide) groups is 1. The molecule has 4 heteroatoms. The Bertz CT molecular complexity index is 1220. The van der Waals surface area contributed by atoms with Crippen LogP contribution in [-0.2, 0) is 19.4 Å². The average molecular weight is 422 g/mol. The first kappa shape index (κ1) is 18.3. The normalized spacial score (nSPS) is 20.6. The molecule has 0 bridgehead atoms. The minimum atomic E-state index is -1.05. The van der Waals surface area contributed by atoms with E-state index in [-0.39, 0.29) is 0 Å². The molecule has 1 spiro atoms. The van der Waals surface area contributed by atoms with E-state index in [0.29, 0.717) is 5.90 Å². The van der Waals surface area contributed by atoms with Crippen molar-refractivity contribution in [2.45, 2.75) is 9.87 Å². The molecule has 0 aliphatic carbocycles. The van der Waals surface area contributed by atoms with Gasteiger partial charge in [0.2, 0.25) is 0 Å². The highest BCUT2D eigenvalue weighted by Crippen LogP contribution is 2.65. The van der Waals surface area contributed by atoms with E-state index in [1.54, 1.807) is 11.8 Å². The van der Waals surface area contributed by atoms with E-state index in [2.05, 4.69) is 71.9 Å². The Hall–Kier alpha value is -3.50. The summed E-state index contributed by atoms with van der Waals surface area (Å²) in [6.07, 6.45) is 0. The van der Waals surface area contributed by atoms with E-state index in [1.165, 1.54) is 11.1 Å². The molecule has 31 heavy (non-hydrogen) atoms. The van der Waals surface area contributed by atoms with E-state index >= 15 is 0 Å². The number of oxime groups is 1. The molecule has 0 fully saturated rings. The summed E-state index contributed by atoms with van der Waals surface area (Å²) in [6, 6.07) is 39.3. The Morgan fingerprint density at radius 2 is 1.10 bits per heavy atom. The Labute approximate surface area is 185 Å². The first-order chi connectivity index (χ1) is 15.3. The molecule has 0 saturated heterocycles. The van der Waals surface area contributed by atoms with Crippen LogP contribution in [0.15, 0.2) is 120 Å². The fourth-order valence-electron chi connectivity index (χ4n) is 4.41. The second-order valence-corrected chi connectivity index (χ2v) is 8.93. The molecular formula is C27H19NO2S. The monoisotopic (exact) mass is 421 g/mol. The lowest BCUT2D eigenvalue weighted by molar-refractivity contribution is -0.0843. The van der Waals surface area contributed by atoms with Gasteiger partial charge < -0.3 is 9.57 Å². The van der Waals surface area contributed by atoms with Crippen LogP contribution < -0.4 is 0 Å². The molecule has 2 heterocycles. The van der Waals surface area contributed by atoms with Gasteiger partial charge in [-0.05, 0) is 51.8 Å². The van der Waals surface area contributed by atoms with Crippen molar-refractivity contribution in [1.82, 2.24) is 0 Å². The third-order valence-corrected chi connectivity index (χ3v) is 7.43. The van der Waals surface area contributed by atoms with Crippen LogP contribution in [0.5, 0.6) is 0 Å². The number of nitrogens with zero attached hydrogens (tertiary/aromatic N) is 1. The molecular weight excluding hydrogens is 402 g/mol. The van der Waals surface area contributed by atoms with Gasteiger partial charge in [0.15, 0.2) is 0 Å². The highest BCUT2D eigenvalue weighted by atomic mass is 32.2. The minimum absolute atomic E-state index is 0.485. The predicted molar refractivity (Wildman–Crippen MR) is 124 cm³/mol. The van der Waals surface area contributed by atoms with E-state index in [4.69, 9.17) is 9.57 Å².